The Kier molecular flexibility index (Phi) is 6.07. The third-order valence-corrected chi connectivity index (χ3v) is 5.43. The fourth-order valence-corrected chi connectivity index (χ4v) is 3.82. The molecule has 3 aromatic rings. The Morgan fingerprint density at radius 2 is 1.67 bits per heavy atom. The average Bonchev–Trinajstić information content (AvgIpc) is 3.30. The van der Waals surface area contributed by atoms with E-state index in [0.717, 1.165) is 0 Å². The number of nitrogens with zero attached hydrogens (tertiary/aromatic N) is 3. The van der Waals surface area contributed by atoms with Crippen LogP contribution in [0.1, 0.15) is 18.5 Å². The van der Waals surface area contributed by atoms with E-state index in [9.17, 15) is 4.79 Å². The van der Waals surface area contributed by atoms with Gasteiger partial charge in [-0.2, -0.15) is 10.1 Å². The molecule has 0 saturated carbocycles. The summed E-state index contributed by atoms with van der Waals surface area (Å²) in [6, 6.07) is 9.98. The molecule has 0 aliphatic carbocycles. The number of methoxy groups -OCH3 is 4. The minimum Gasteiger partial charge on any atom is -0.497 e. The molecule has 1 aliphatic heterocycles. The molecule has 172 valence electrons. The van der Waals surface area contributed by atoms with Gasteiger partial charge in [0.1, 0.15) is 35.4 Å². The summed E-state index contributed by atoms with van der Waals surface area (Å²) in [6.07, 6.45) is 1.43. The Morgan fingerprint density at radius 3 is 2.36 bits per heavy atom. The molecule has 2 N–H and O–H groups in total. The third kappa shape index (κ3) is 4.02. The number of hydrogen-bond donors (Lipinski definition) is 2. The number of aromatic nitrogens is 3. The van der Waals surface area contributed by atoms with Gasteiger partial charge in [0, 0.05) is 17.3 Å². The maximum absolute atomic E-state index is 13.6. The van der Waals surface area contributed by atoms with Crippen molar-refractivity contribution in [3.63, 3.8) is 0 Å². The zero-order valence-electron chi connectivity index (χ0n) is 19.0. The van der Waals surface area contributed by atoms with Gasteiger partial charge in [0.05, 0.1) is 39.7 Å². The molecule has 1 amide bonds. The summed E-state index contributed by atoms with van der Waals surface area (Å²) in [6.45, 7) is 1.82. The van der Waals surface area contributed by atoms with Crippen LogP contribution in [0.15, 0.2) is 54.0 Å². The van der Waals surface area contributed by atoms with Gasteiger partial charge in [-0.15, -0.1) is 0 Å². The lowest BCUT2D eigenvalue weighted by Gasteiger charge is -2.30. The molecular weight excluding hydrogens is 426 g/mol. The molecule has 1 aromatic heterocycles. The fourth-order valence-electron chi connectivity index (χ4n) is 3.82. The van der Waals surface area contributed by atoms with Gasteiger partial charge in [-0.1, -0.05) is 0 Å². The van der Waals surface area contributed by atoms with Crippen molar-refractivity contribution in [3.8, 4) is 23.0 Å². The highest BCUT2D eigenvalue weighted by molar-refractivity contribution is 6.06. The molecule has 0 fully saturated rings. The lowest BCUT2D eigenvalue weighted by atomic mass is 9.94. The predicted molar refractivity (Wildman–Crippen MR) is 122 cm³/mol. The number of benzene rings is 2. The molecule has 0 unspecified atom stereocenters. The molecule has 10 nitrogen and oxygen atoms in total. The second-order valence-electron chi connectivity index (χ2n) is 7.22. The minimum atomic E-state index is -0.613. The number of hydrogen-bond acceptors (Lipinski definition) is 8. The lowest BCUT2D eigenvalue weighted by Crippen LogP contribution is -2.31. The maximum Gasteiger partial charge on any atom is 0.255 e. The smallest absolute Gasteiger partial charge is 0.255 e. The molecule has 10 heteroatoms. The Morgan fingerprint density at radius 1 is 0.970 bits per heavy atom. The summed E-state index contributed by atoms with van der Waals surface area (Å²) in [5, 5.41) is 10.5. The minimum absolute atomic E-state index is 0.334. The Balaban J connectivity index is 1.80. The zero-order valence-corrected chi connectivity index (χ0v) is 19.0. The van der Waals surface area contributed by atoms with E-state index in [1.165, 1.54) is 13.4 Å². The summed E-state index contributed by atoms with van der Waals surface area (Å²) in [5.74, 6) is 2.48. The van der Waals surface area contributed by atoms with Gasteiger partial charge in [0.15, 0.2) is 0 Å². The van der Waals surface area contributed by atoms with Gasteiger partial charge in [-0.05, 0) is 37.3 Å². The van der Waals surface area contributed by atoms with Gasteiger partial charge in [-0.3, -0.25) is 4.79 Å². The average molecular weight is 451 g/mol. The number of carbonyl (C=O) groups excluding carboxylic acids is 1. The number of rotatable bonds is 7. The molecule has 4 rings (SSSR count). The summed E-state index contributed by atoms with van der Waals surface area (Å²) in [4.78, 5) is 17.9. The number of anilines is 2. The SMILES string of the molecule is COc1ccc(NC(=O)C2=C(C)Nc3ncnn3[C@H]2c2cc(OC)ccc2OC)c(OC)c1. The van der Waals surface area contributed by atoms with Crippen LogP contribution in [-0.4, -0.2) is 49.1 Å². The van der Waals surface area contributed by atoms with Gasteiger partial charge in [0.2, 0.25) is 5.95 Å². The standard InChI is InChI=1S/C23H25N5O5/c1-13-20(22(29)27-17-8-6-15(31-3)11-19(17)33-5)21(28-23(26-13)24-12-25-28)16-10-14(30-2)7-9-18(16)32-4/h6-12,21H,1-5H3,(H,27,29)(H,24,25,26)/t21-/m0/s1. The molecule has 2 aromatic carbocycles. The van der Waals surface area contributed by atoms with Crippen molar-refractivity contribution < 1.29 is 23.7 Å². The van der Waals surface area contributed by atoms with Gasteiger partial charge in [0.25, 0.3) is 5.91 Å². The Hall–Kier alpha value is -4.21. The van der Waals surface area contributed by atoms with E-state index in [0.29, 0.717) is 51.5 Å². The van der Waals surface area contributed by atoms with Crippen LogP contribution in [0, 0.1) is 0 Å². The van der Waals surface area contributed by atoms with Crippen molar-refractivity contribution in [3.05, 3.63) is 59.6 Å². The van der Waals surface area contributed by atoms with E-state index < -0.39 is 6.04 Å². The number of allylic oxidation sites excluding steroid dienone is 1. The van der Waals surface area contributed by atoms with Crippen LogP contribution < -0.4 is 29.6 Å². The first-order valence-electron chi connectivity index (χ1n) is 10.1. The first kappa shape index (κ1) is 22.0. The van der Waals surface area contributed by atoms with E-state index in [4.69, 9.17) is 18.9 Å². The van der Waals surface area contributed by atoms with Crippen molar-refractivity contribution in [1.82, 2.24) is 14.8 Å². The zero-order chi connectivity index (χ0) is 23.5. The van der Waals surface area contributed by atoms with Crippen LogP contribution in [0.25, 0.3) is 0 Å². The lowest BCUT2D eigenvalue weighted by molar-refractivity contribution is -0.113. The third-order valence-electron chi connectivity index (χ3n) is 5.43. The molecule has 0 bridgehead atoms. The van der Waals surface area contributed by atoms with Gasteiger partial charge in [-0.25, -0.2) is 4.68 Å². The molecule has 1 atom stereocenters. The summed E-state index contributed by atoms with van der Waals surface area (Å²) >= 11 is 0. The largest absolute Gasteiger partial charge is 0.497 e. The number of fused-ring (bicyclic) bond motifs is 1. The highest BCUT2D eigenvalue weighted by Gasteiger charge is 2.35. The maximum atomic E-state index is 13.6. The Labute approximate surface area is 191 Å². The van der Waals surface area contributed by atoms with Crippen molar-refractivity contribution in [1.29, 1.82) is 0 Å². The molecule has 2 heterocycles. The van der Waals surface area contributed by atoms with E-state index in [2.05, 4.69) is 20.7 Å². The first-order valence-corrected chi connectivity index (χ1v) is 10.1. The summed E-state index contributed by atoms with van der Waals surface area (Å²) < 4.78 is 23.4. The highest BCUT2D eigenvalue weighted by atomic mass is 16.5. The fraction of sp³-hybridized carbons (Fsp3) is 0.261. The highest BCUT2D eigenvalue weighted by Crippen LogP contribution is 2.41. The van der Waals surface area contributed by atoms with Crippen molar-refractivity contribution >= 4 is 17.5 Å². The van der Waals surface area contributed by atoms with E-state index in [1.807, 2.05) is 13.0 Å². The van der Waals surface area contributed by atoms with Crippen LogP contribution in [0.5, 0.6) is 23.0 Å². The monoisotopic (exact) mass is 451 g/mol. The summed E-state index contributed by atoms with van der Waals surface area (Å²) in [7, 11) is 6.26. The van der Waals surface area contributed by atoms with Crippen LogP contribution in [0.4, 0.5) is 11.6 Å². The van der Waals surface area contributed by atoms with Crippen LogP contribution in [0.3, 0.4) is 0 Å². The predicted octanol–water partition coefficient (Wildman–Crippen LogP) is 3.24. The first-order chi connectivity index (χ1) is 16.0. The number of ether oxygens (including phenoxy) is 4. The quantitative estimate of drug-likeness (QED) is 0.564. The Bertz CT molecular complexity index is 1220. The molecule has 1 aliphatic rings. The van der Waals surface area contributed by atoms with Gasteiger partial charge >= 0.3 is 0 Å². The molecule has 33 heavy (non-hydrogen) atoms. The van der Waals surface area contributed by atoms with Crippen LogP contribution in [-0.2, 0) is 4.79 Å². The number of carbonyl (C=O) groups is 1. The van der Waals surface area contributed by atoms with Gasteiger partial charge < -0.3 is 29.6 Å². The van der Waals surface area contributed by atoms with Crippen molar-refractivity contribution in [2.75, 3.05) is 39.1 Å². The van der Waals surface area contributed by atoms with E-state index >= 15 is 0 Å². The summed E-state index contributed by atoms with van der Waals surface area (Å²) in [5.41, 5.74) is 2.29. The molecule has 0 spiro atoms. The second-order valence-corrected chi connectivity index (χ2v) is 7.22. The van der Waals surface area contributed by atoms with Crippen molar-refractivity contribution in [2.24, 2.45) is 0 Å². The number of amides is 1. The normalized spacial score (nSPS) is 14.8. The van der Waals surface area contributed by atoms with E-state index in [-0.39, 0.29) is 5.91 Å². The molecular formula is C23H25N5O5. The topological polar surface area (TPSA) is 109 Å². The van der Waals surface area contributed by atoms with E-state index in [1.54, 1.807) is 56.3 Å². The van der Waals surface area contributed by atoms with Crippen LogP contribution >= 0.6 is 0 Å². The van der Waals surface area contributed by atoms with Crippen molar-refractivity contribution in [2.45, 2.75) is 13.0 Å². The molecule has 0 radical (unpaired) electrons. The van der Waals surface area contributed by atoms with Crippen LogP contribution in [0.2, 0.25) is 0 Å². The number of nitrogens with one attached hydrogen (secondary N) is 2. The second kappa shape index (κ2) is 9.11. The molecule has 0 saturated heterocycles.